The number of benzene rings is 2. The number of pyridine rings is 1. The summed E-state index contributed by atoms with van der Waals surface area (Å²) < 4.78 is 39.0. The molecule has 0 fully saturated rings. The molecular weight excluding hydrogens is 422 g/mol. The van der Waals surface area contributed by atoms with Crippen LogP contribution in [0.3, 0.4) is 0 Å². The van der Waals surface area contributed by atoms with E-state index in [1.807, 2.05) is 31.2 Å². The lowest BCUT2D eigenvalue weighted by Gasteiger charge is -2.13. The Hall–Kier alpha value is -3.17. The second kappa shape index (κ2) is 7.92. The number of nitrogens with one attached hydrogen (secondary N) is 1. The number of ether oxygens (including phenoxy) is 2. The van der Waals surface area contributed by atoms with Gasteiger partial charge >= 0.3 is 0 Å². The fourth-order valence-electron chi connectivity index (χ4n) is 2.95. The van der Waals surface area contributed by atoms with E-state index in [4.69, 9.17) is 9.47 Å². The molecule has 0 unspecified atom stereocenters. The molecule has 30 heavy (non-hydrogen) atoms. The van der Waals surface area contributed by atoms with Crippen molar-refractivity contribution in [1.29, 1.82) is 0 Å². The lowest BCUT2D eigenvalue weighted by Crippen LogP contribution is -2.14. The zero-order valence-corrected chi connectivity index (χ0v) is 18.2. The minimum atomic E-state index is -3.83. The first-order valence-electron chi connectivity index (χ1n) is 8.99. The van der Waals surface area contributed by atoms with Crippen molar-refractivity contribution < 1.29 is 17.9 Å². The van der Waals surface area contributed by atoms with E-state index in [1.54, 1.807) is 18.3 Å². The highest BCUT2D eigenvalue weighted by atomic mass is 32.2. The number of thiazole rings is 1. The maximum Gasteiger partial charge on any atom is 0.262 e. The molecule has 0 aliphatic rings. The van der Waals surface area contributed by atoms with Gasteiger partial charge in [-0.3, -0.25) is 4.72 Å². The van der Waals surface area contributed by atoms with Crippen LogP contribution in [0.5, 0.6) is 11.5 Å². The molecule has 0 amide bonds. The Morgan fingerprint density at radius 1 is 1.00 bits per heavy atom. The van der Waals surface area contributed by atoms with Gasteiger partial charge in [-0.2, -0.15) is 0 Å². The predicted octanol–water partition coefficient (Wildman–Crippen LogP) is 4.48. The van der Waals surface area contributed by atoms with Crippen molar-refractivity contribution in [3.05, 3.63) is 60.3 Å². The SMILES string of the molecule is COc1ccc(S(=O)(=O)Nc2cc(-c3nc4cccnc4s3)ccc2C)cc1OC. The topological polar surface area (TPSA) is 90.4 Å². The van der Waals surface area contributed by atoms with E-state index in [0.717, 1.165) is 26.5 Å². The lowest BCUT2D eigenvalue weighted by atomic mass is 10.1. The van der Waals surface area contributed by atoms with Crippen LogP contribution < -0.4 is 14.2 Å². The normalized spacial score (nSPS) is 11.4. The van der Waals surface area contributed by atoms with Gasteiger partial charge in [0, 0.05) is 17.8 Å². The van der Waals surface area contributed by atoms with Crippen LogP contribution in [0.1, 0.15) is 5.56 Å². The molecule has 0 bridgehead atoms. The van der Waals surface area contributed by atoms with Crippen LogP contribution in [-0.2, 0) is 10.0 Å². The zero-order valence-electron chi connectivity index (χ0n) is 16.5. The average Bonchev–Trinajstić information content (AvgIpc) is 3.19. The Bertz CT molecular complexity index is 1300. The number of sulfonamides is 1. The number of hydrogen-bond acceptors (Lipinski definition) is 7. The highest BCUT2D eigenvalue weighted by Gasteiger charge is 2.19. The Morgan fingerprint density at radius 3 is 2.53 bits per heavy atom. The highest BCUT2D eigenvalue weighted by Crippen LogP contribution is 2.33. The third-order valence-corrected chi connectivity index (χ3v) is 6.95. The van der Waals surface area contributed by atoms with Crippen molar-refractivity contribution in [1.82, 2.24) is 9.97 Å². The van der Waals surface area contributed by atoms with E-state index in [0.29, 0.717) is 17.2 Å². The lowest BCUT2D eigenvalue weighted by molar-refractivity contribution is 0.354. The molecule has 4 rings (SSSR count). The number of aryl methyl sites for hydroxylation is 1. The maximum atomic E-state index is 13.0. The standard InChI is InChI=1S/C21H19N3O4S2/c1-13-6-7-14(20-23-16-5-4-10-22-21(16)29-20)11-17(13)24-30(25,26)15-8-9-18(27-2)19(12-15)28-3/h4-12,24H,1-3H3. The summed E-state index contributed by atoms with van der Waals surface area (Å²) in [6, 6.07) is 13.8. The molecule has 0 spiro atoms. The monoisotopic (exact) mass is 441 g/mol. The fourth-order valence-corrected chi connectivity index (χ4v) is 4.99. The van der Waals surface area contributed by atoms with Crippen LogP contribution in [-0.4, -0.2) is 32.6 Å². The second-order valence-corrected chi connectivity index (χ2v) is 9.16. The number of aromatic nitrogens is 2. The summed E-state index contributed by atoms with van der Waals surface area (Å²) in [4.78, 5) is 9.83. The van der Waals surface area contributed by atoms with Crippen molar-refractivity contribution in [2.45, 2.75) is 11.8 Å². The molecule has 0 atom stereocenters. The first-order chi connectivity index (χ1) is 14.4. The summed E-state index contributed by atoms with van der Waals surface area (Å²) in [7, 11) is -0.875. The van der Waals surface area contributed by atoms with Crippen LogP contribution in [0.25, 0.3) is 20.9 Å². The van der Waals surface area contributed by atoms with Gasteiger partial charge in [0.15, 0.2) is 11.5 Å². The maximum absolute atomic E-state index is 13.0. The highest BCUT2D eigenvalue weighted by molar-refractivity contribution is 7.92. The van der Waals surface area contributed by atoms with Gasteiger partial charge in [-0.15, -0.1) is 0 Å². The Morgan fingerprint density at radius 2 is 1.80 bits per heavy atom. The molecule has 0 aliphatic carbocycles. The van der Waals surface area contributed by atoms with E-state index >= 15 is 0 Å². The molecule has 7 nitrogen and oxygen atoms in total. The minimum absolute atomic E-state index is 0.0779. The first-order valence-corrected chi connectivity index (χ1v) is 11.3. The molecule has 0 aliphatic heterocycles. The van der Waals surface area contributed by atoms with Crippen molar-refractivity contribution in [2.24, 2.45) is 0 Å². The molecule has 0 saturated carbocycles. The van der Waals surface area contributed by atoms with Gasteiger partial charge in [0.25, 0.3) is 10.0 Å². The van der Waals surface area contributed by atoms with Gasteiger partial charge < -0.3 is 9.47 Å². The molecule has 2 heterocycles. The quantitative estimate of drug-likeness (QED) is 0.474. The number of hydrogen-bond donors (Lipinski definition) is 1. The van der Waals surface area contributed by atoms with Crippen LogP contribution in [0.4, 0.5) is 5.69 Å². The van der Waals surface area contributed by atoms with E-state index in [2.05, 4.69) is 14.7 Å². The molecule has 1 N–H and O–H groups in total. The Balaban J connectivity index is 1.69. The second-order valence-electron chi connectivity index (χ2n) is 6.50. The van der Waals surface area contributed by atoms with Gasteiger partial charge in [0.05, 0.1) is 24.8 Å². The Kier molecular flexibility index (Phi) is 5.31. The smallest absolute Gasteiger partial charge is 0.262 e. The Labute approximate surface area is 178 Å². The van der Waals surface area contributed by atoms with Crippen molar-refractivity contribution in [3.63, 3.8) is 0 Å². The molecule has 0 radical (unpaired) electrons. The minimum Gasteiger partial charge on any atom is -0.493 e. The van der Waals surface area contributed by atoms with Crippen LogP contribution in [0, 0.1) is 6.92 Å². The van der Waals surface area contributed by atoms with Crippen molar-refractivity contribution in [2.75, 3.05) is 18.9 Å². The third-order valence-electron chi connectivity index (χ3n) is 4.56. The van der Waals surface area contributed by atoms with Crippen molar-refractivity contribution in [3.8, 4) is 22.1 Å². The zero-order chi connectivity index (χ0) is 21.3. The summed E-state index contributed by atoms with van der Waals surface area (Å²) in [5, 5.41) is 0.773. The number of nitrogens with zero attached hydrogens (tertiary/aromatic N) is 2. The summed E-state index contributed by atoms with van der Waals surface area (Å²) in [5.41, 5.74) is 2.90. The summed E-state index contributed by atoms with van der Waals surface area (Å²) in [5.74, 6) is 0.798. The summed E-state index contributed by atoms with van der Waals surface area (Å²) in [6.07, 6.45) is 1.72. The molecule has 2 aromatic carbocycles. The first kappa shape index (κ1) is 20.1. The van der Waals surface area contributed by atoms with Crippen LogP contribution >= 0.6 is 11.3 Å². The molecule has 0 saturated heterocycles. The van der Waals surface area contributed by atoms with Gasteiger partial charge in [-0.05, 0) is 42.8 Å². The van der Waals surface area contributed by atoms with E-state index < -0.39 is 10.0 Å². The van der Waals surface area contributed by atoms with E-state index in [-0.39, 0.29) is 4.90 Å². The molecule has 154 valence electrons. The number of anilines is 1. The summed E-state index contributed by atoms with van der Waals surface area (Å²) in [6.45, 7) is 1.84. The van der Waals surface area contributed by atoms with Crippen molar-refractivity contribution >= 4 is 37.4 Å². The van der Waals surface area contributed by atoms with Crippen LogP contribution in [0.15, 0.2) is 59.6 Å². The third kappa shape index (κ3) is 3.81. The summed E-state index contributed by atoms with van der Waals surface area (Å²) >= 11 is 1.46. The number of rotatable bonds is 6. The number of methoxy groups -OCH3 is 2. The molecule has 9 heteroatoms. The van der Waals surface area contributed by atoms with E-state index in [9.17, 15) is 8.42 Å². The molecule has 4 aromatic rings. The van der Waals surface area contributed by atoms with Gasteiger partial charge in [-0.25, -0.2) is 18.4 Å². The predicted molar refractivity (Wildman–Crippen MR) is 118 cm³/mol. The fraction of sp³-hybridized carbons (Fsp3) is 0.143. The van der Waals surface area contributed by atoms with Gasteiger partial charge in [-0.1, -0.05) is 23.5 Å². The van der Waals surface area contributed by atoms with Crippen LogP contribution in [0.2, 0.25) is 0 Å². The van der Waals surface area contributed by atoms with Gasteiger partial charge in [0.1, 0.15) is 15.4 Å². The average molecular weight is 442 g/mol. The van der Waals surface area contributed by atoms with E-state index in [1.165, 1.54) is 37.7 Å². The molecular formula is C21H19N3O4S2. The molecule has 2 aromatic heterocycles. The largest absolute Gasteiger partial charge is 0.493 e. The van der Waals surface area contributed by atoms with Gasteiger partial charge in [0.2, 0.25) is 0 Å². The number of fused-ring (bicyclic) bond motifs is 1.